The molecule has 106 valence electrons. The molecular weight excluding hydrogens is 256 g/mol. The number of anilines is 1. The lowest BCUT2D eigenvalue weighted by Gasteiger charge is -2.22. The smallest absolute Gasteiger partial charge is 0.310 e. The lowest BCUT2D eigenvalue weighted by molar-refractivity contribution is -0.144. The maximum atomic E-state index is 12.0. The fourth-order valence-electron chi connectivity index (χ4n) is 2.19. The van der Waals surface area contributed by atoms with E-state index in [1.54, 1.807) is 13.0 Å². The standard InChI is InChI=1S/C15H18N2O3/c1-10(15(19)20-3)9-17(2)13-8-11-6-4-5-7-12(11)14(18)16-13/h4-8,10H,9H2,1-3H3,(H,16,18). The SMILES string of the molecule is COC(=O)C(C)CN(C)c1cc2ccccc2c(=O)[nH]1. The zero-order valence-corrected chi connectivity index (χ0v) is 11.8. The van der Waals surface area contributed by atoms with Crippen LogP contribution in [0.1, 0.15) is 6.92 Å². The molecule has 1 N–H and O–H groups in total. The largest absolute Gasteiger partial charge is 0.469 e. The van der Waals surface area contributed by atoms with Gasteiger partial charge in [-0.25, -0.2) is 0 Å². The predicted octanol–water partition coefficient (Wildman–Crippen LogP) is 1.77. The molecule has 0 spiro atoms. The molecule has 0 saturated carbocycles. The molecule has 5 heteroatoms. The number of rotatable bonds is 4. The Morgan fingerprint density at radius 3 is 2.80 bits per heavy atom. The third kappa shape index (κ3) is 2.82. The second kappa shape index (κ2) is 5.77. The molecule has 0 aliphatic heterocycles. The molecule has 5 nitrogen and oxygen atoms in total. The number of nitrogens with zero attached hydrogens (tertiary/aromatic N) is 1. The van der Waals surface area contributed by atoms with E-state index >= 15 is 0 Å². The molecule has 0 saturated heterocycles. The van der Waals surface area contributed by atoms with Gasteiger partial charge in [0.05, 0.1) is 13.0 Å². The summed E-state index contributed by atoms with van der Waals surface area (Å²) in [7, 11) is 3.20. The highest BCUT2D eigenvalue weighted by molar-refractivity contribution is 5.83. The summed E-state index contributed by atoms with van der Waals surface area (Å²) in [6.07, 6.45) is 0. The molecule has 1 aromatic heterocycles. The minimum atomic E-state index is -0.264. The van der Waals surface area contributed by atoms with Gasteiger partial charge in [-0.05, 0) is 17.5 Å². The summed E-state index contributed by atoms with van der Waals surface area (Å²) < 4.78 is 4.71. The van der Waals surface area contributed by atoms with Crippen LogP contribution in [-0.2, 0) is 9.53 Å². The number of carbonyl (C=O) groups excluding carboxylic acids is 1. The number of nitrogens with one attached hydrogen (secondary N) is 1. The summed E-state index contributed by atoms with van der Waals surface area (Å²) in [5.41, 5.74) is -0.129. The molecule has 20 heavy (non-hydrogen) atoms. The highest BCUT2D eigenvalue weighted by atomic mass is 16.5. The van der Waals surface area contributed by atoms with Crippen molar-refractivity contribution in [2.24, 2.45) is 5.92 Å². The van der Waals surface area contributed by atoms with Gasteiger partial charge in [0, 0.05) is 19.0 Å². The van der Waals surface area contributed by atoms with Gasteiger partial charge in [0.25, 0.3) is 5.56 Å². The third-order valence-electron chi connectivity index (χ3n) is 3.30. The Morgan fingerprint density at radius 1 is 1.40 bits per heavy atom. The fourth-order valence-corrected chi connectivity index (χ4v) is 2.19. The Morgan fingerprint density at radius 2 is 2.10 bits per heavy atom. The number of pyridine rings is 1. The van der Waals surface area contributed by atoms with E-state index in [-0.39, 0.29) is 17.4 Å². The number of ether oxygens (including phenoxy) is 1. The average Bonchev–Trinajstić information content (AvgIpc) is 2.46. The van der Waals surface area contributed by atoms with Crippen LogP contribution in [0, 0.1) is 5.92 Å². The number of aromatic nitrogens is 1. The Bertz CT molecular complexity index is 678. The van der Waals surface area contributed by atoms with Crippen molar-refractivity contribution in [1.29, 1.82) is 0 Å². The van der Waals surface area contributed by atoms with Gasteiger partial charge in [0.15, 0.2) is 0 Å². The first kappa shape index (κ1) is 14.1. The normalized spacial score (nSPS) is 12.2. The van der Waals surface area contributed by atoms with E-state index in [4.69, 9.17) is 4.74 Å². The Labute approximate surface area is 117 Å². The molecule has 2 aromatic rings. The van der Waals surface area contributed by atoms with Crippen LogP contribution in [0.15, 0.2) is 35.1 Å². The van der Waals surface area contributed by atoms with E-state index < -0.39 is 0 Å². The molecule has 0 fully saturated rings. The van der Waals surface area contributed by atoms with Gasteiger partial charge in [-0.1, -0.05) is 25.1 Å². The lowest BCUT2D eigenvalue weighted by atomic mass is 10.1. The summed E-state index contributed by atoms with van der Waals surface area (Å²) in [5, 5.41) is 1.54. The molecule has 1 aromatic carbocycles. The van der Waals surface area contributed by atoms with E-state index in [0.29, 0.717) is 17.7 Å². The summed E-state index contributed by atoms with van der Waals surface area (Å²) in [4.78, 5) is 28.1. The Kier molecular flexibility index (Phi) is 4.08. The van der Waals surface area contributed by atoms with Crippen LogP contribution in [-0.4, -0.2) is 31.7 Å². The number of esters is 1. The minimum Gasteiger partial charge on any atom is -0.469 e. The zero-order chi connectivity index (χ0) is 14.7. The number of benzene rings is 1. The quantitative estimate of drug-likeness (QED) is 0.863. The zero-order valence-electron chi connectivity index (χ0n) is 11.8. The van der Waals surface area contributed by atoms with Gasteiger partial charge in [-0.3, -0.25) is 9.59 Å². The summed E-state index contributed by atoms with van der Waals surface area (Å²) >= 11 is 0. The number of H-pyrrole nitrogens is 1. The van der Waals surface area contributed by atoms with Crippen LogP contribution in [0.4, 0.5) is 5.82 Å². The average molecular weight is 274 g/mol. The number of carbonyl (C=O) groups is 1. The molecule has 0 bridgehead atoms. The van der Waals surface area contributed by atoms with Crippen LogP contribution in [0.2, 0.25) is 0 Å². The molecule has 1 atom stereocenters. The molecule has 1 unspecified atom stereocenters. The molecule has 0 aliphatic rings. The Hall–Kier alpha value is -2.30. The maximum Gasteiger partial charge on any atom is 0.310 e. The molecule has 0 amide bonds. The predicted molar refractivity (Wildman–Crippen MR) is 79.0 cm³/mol. The second-order valence-corrected chi connectivity index (χ2v) is 4.88. The molecule has 2 rings (SSSR count). The van der Waals surface area contributed by atoms with Crippen LogP contribution in [0.25, 0.3) is 10.8 Å². The molecule has 1 heterocycles. The van der Waals surface area contributed by atoms with Gasteiger partial charge in [0.1, 0.15) is 5.82 Å². The number of methoxy groups -OCH3 is 1. The highest BCUT2D eigenvalue weighted by Gasteiger charge is 2.16. The fraction of sp³-hybridized carbons (Fsp3) is 0.333. The van der Waals surface area contributed by atoms with E-state index in [1.165, 1.54) is 7.11 Å². The molecular formula is C15H18N2O3. The first-order valence-corrected chi connectivity index (χ1v) is 6.44. The van der Waals surface area contributed by atoms with Crippen LogP contribution in [0.3, 0.4) is 0 Å². The van der Waals surface area contributed by atoms with E-state index in [1.807, 2.05) is 36.2 Å². The van der Waals surface area contributed by atoms with Crippen LogP contribution >= 0.6 is 0 Å². The first-order valence-electron chi connectivity index (χ1n) is 6.44. The molecule has 0 aliphatic carbocycles. The van der Waals surface area contributed by atoms with Crippen molar-refractivity contribution in [3.63, 3.8) is 0 Å². The van der Waals surface area contributed by atoms with Crippen molar-refractivity contribution in [1.82, 2.24) is 4.98 Å². The lowest BCUT2D eigenvalue weighted by Crippen LogP contribution is -2.30. The van der Waals surface area contributed by atoms with Crippen molar-refractivity contribution in [2.75, 3.05) is 25.6 Å². The minimum absolute atomic E-state index is 0.129. The van der Waals surface area contributed by atoms with Crippen molar-refractivity contribution in [3.05, 3.63) is 40.7 Å². The van der Waals surface area contributed by atoms with Crippen LogP contribution in [0.5, 0.6) is 0 Å². The van der Waals surface area contributed by atoms with Gasteiger partial charge in [-0.2, -0.15) is 0 Å². The van der Waals surface area contributed by atoms with Crippen molar-refractivity contribution in [2.45, 2.75) is 6.92 Å². The topological polar surface area (TPSA) is 62.4 Å². The van der Waals surface area contributed by atoms with E-state index in [9.17, 15) is 9.59 Å². The Balaban J connectivity index is 2.29. The summed E-state index contributed by atoms with van der Waals surface area (Å²) in [6.45, 7) is 2.27. The molecule has 0 radical (unpaired) electrons. The van der Waals surface area contributed by atoms with Gasteiger partial charge >= 0.3 is 5.97 Å². The number of fused-ring (bicyclic) bond motifs is 1. The first-order chi connectivity index (χ1) is 9.52. The van der Waals surface area contributed by atoms with E-state index in [2.05, 4.69) is 4.98 Å². The van der Waals surface area contributed by atoms with Gasteiger partial charge in [0.2, 0.25) is 0 Å². The van der Waals surface area contributed by atoms with Gasteiger partial charge < -0.3 is 14.6 Å². The van der Waals surface area contributed by atoms with Crippen LogP contribution < -0.4 is 10.5 Å². The van der Waals surface area contributed by atoms with Crippen molar-refractivity contribution in [3.8, 4) is 0 Å². The number of aromatic amines is 1. The monoisotopic (exact) mass is 274 g/mol. The summed E-state index contributed by atoms with van der Waals surface area (Å²) in [6, 6.07) is 9.31. The summed E-state index contributed by atoms with van der Waals surface area (Å²) in [5.74, 6) is 0.157. The number of hydrogen-bond donors (Lipinski definition) is 1. The third-order valence-corrected chi connectivity index (χ3v) is 3.30. The highest BCUT2D eigenvalue weighted by Crippen LogP contribution is 2.16. The van der Waals surface area contributed by atoms with Gasteiger partial charge in [-0.15, -0.1) is 0 Å². The number of hydrogen-bond acceptors (Lipinski definition) is 4. The van der Waals surface area contributed by atoms with Crippen molar-refractivity contribution >= 4 is 22.6 Å². The maximum absolute atomic E-state index is 12.0. The van der Waals surface area contributed by atoms with E-state index in [0.717, 1.165) is 5.39 Å². The second-order valence-electron chi connectivity index (χ2n) is 4.88. The van der Waals surface area contributed by atoms with Crippen molar-refractivity contribution < 1.29 is 9.53 Å².